The third-order valence-electron chi connectivity index (χ3n) is 3.50. The van der Waals surface area contributed by atoms with Crippen LogP contribution in [-0.2, 0) is 16.1 Å². The lowest BCUT2D eigenvalue weighted by Crippen LogP contribution is -2.37. The van der Waals surface area contributed by atoms with E-state index in [1.807, 2.05) is 4.98 Å². The number of halogens is 1. The lowest BCUT2D eigenvalue weighted by atomic mass is 10.2. The lowest BCUT2D eigenvalue weighted by Gasteiger charge is -2.11. The smallest absolute Gasteiger partial charge is 0.344 e. The van der Waals surface area contributed by atoms with Crippen molar-refractivity contribution in [3.05, 3.63) is 55.7 Å². The molecule has 0 saturated heterocycles. The Morgan fingerprint density at radius 1 is 1.19 bits per heavy atom. The fraction of sp³-hybridized carbons (Fsp3) is 0.294. The molecular weight excluding hydrogens is 378 g/mol. The van der Waals surface area contributed by atoms with Crippen LogP contribution in [0.1, 0.15) is 23.7 Å². The number of carbonyl (C=O) groups excluding carboxylic acids is 2. The summed E-state index contributed by atoms with van der Waals surface area (Å²) in [6.45, 7) is 0.897. The maximum Gasteiger partial charge on any atom is 0.344 e. The van der Waals surface area contributed by atoms with Gasteiger partial charge in [0.25, 0.3) is 5.56 Å². The van der Waals surface area contributed by atoms with Gasteiger partial charge < -0.3 is 15.2 Å². The highest BCUT2D eigenvalue weighted by atomic mass is 35.5. The molecule has 2 aromatic rings. The number of benzene rings is 1. The standard InChI is InChI=1S/C17H18ClN3O6/c1-2-7-21-15(19)14(16(24)20-17(21)25)12(22)8-27-13(23)9-26-11-5-3-10(18)4-6-11/h3-6H,2,7-9,19H2,1H3,(H,20,24,25). The van der Waals surface area contributed by atoms with Crippen LogP contribution in [0.25, 0.3) is 0 Å². The molecule has 27 heavy (non-hydrogen) atoms. The van der Waals surface area contributed by atoms with Crippen molar-refractivity contribution in [2.75, 3.05) is 18.9 Å². The van der Waals surface area contributed by atoms with Crippen molar-refractivity contribution in [2.45, 2.75) is 19.9 Å². The minimum atomic E-state index is -0.927. The summed E-state index contributed by atoms with van der Waals surface area (Å²) < 4.78 is 11.1. The van der Waals surface area contributed by atoms with Gasteiger partial charge in [0.2, 0.25) is 5.78 Å². The van der Waals surface area contributed by atoms with Gasteiger partial charge in [0.15, 0.2) is 13.2 Å². The van der Waals surface area contributed by atoms with Crippen LogP contribution < -0.4 is 21.7 Å². The minimum Gasteiger partial charge on any atom is -0.482 e. The zero-order valence-electron chi connectivity index (χ0n) is 14.5. The molecule has 1 aromatic carbocycles. The van der Waals surface area contributed by atoms with Crippen molar-refractivity contribution in [1.82, 2.24) is 9.55 Å². The number of hydrogen-bond acceptors (Lipinski definition) is 7. The number of nitrogens with two attached hydrogens (primary N) is 1. The molecule has 0 unspecified atom stereocenters. The Morgan fingerprint density at radius 2 is 1.85 bits per heavy atom. The summed E-state index contributed by atoms with van der Waals surface area (Å²) in [6, 6.07) is 6.31. The van der Waals surface area contributed by atoms with E-state index in [2.05, 4.69) is 0 Å². The molecule has 0 aliphatic carbocycles. The van der Waals surface area contributed by atoms with E-state index in [9.17, 15) is 19.2 Å². The maximum atomic E-state index is 12.2. The largest absolute Gasteiger partial charge is 0.482 e. The molecule has 0 aliphatic rings. The monoisotopic (exact) mass is 395 g/mol. The van der Waals surface area contributed by atoms with Gasteiger partial charge >= 0.3 is 11.7 Å². The quantitative estimate of drug-likeness (QED) is 0.502. The van der Waals surface area contributed by atoms with Crippen LogP contribution >= 0.6 is 11.6 Å². The van der Waals surface area contributed by atoms with Gasteiger partial charge in [-0.2, -0.15) is 0 Å². The molecule has 144 valence electrons. The number of H-pyrrole nitrogens is 1. The Morgan fingerprint density at radius 3 is 2.48 bits per heavy atom. The van der Waals surface area contributed by atoms with Crippen LogP contribution in [0, 0.1) is 0 Å². The van der Waals surface area contributed by atoms with Gasteiger partial charge in [-0.3, -0.25) is 19.1 Å². The average molecular weight is 396 g/mol. The Kier molecular flexibility index (Phi) is 6.78. The molecule has 0 atom stereocenters. The van der Waals surface area contributed by atoms with Crippen molar-refractivity contribution < 1.29 is 19.1 Å². The normalized spacial score (nSPS) is 10.4. The molecule has 0 spiro atoms. The first-order valence-electron chi connectivity index (χ1n) is 8.03. The molecule has 1 aromatic heterocycles. The highest BCUT2D eigenvalue weighted by Crippen LogP contribution is 2.15. The third-order valence-corrected chi connectivity index (χ3v) is 3.75. The van der Waals surface area contributed by atoms with E-state index in [1.54, 1.807) is 31.2 Å². The number of anilines is 1. The molecule has 2 rings (SSSR count). The summed E-state index contributed by atoms with van der Waals surface area (Å²) in [5, 5.41) is 0.516. The van der Waals surface area contributed by atoms with Gasteiger partial charge in [0, 0.05) is 11.6 Å². The first-order valence-corrected chi connectivity index (χ1v) is 8.41. The highest BCUT2D eigenvalue weighted by molar-refractivity contribution is 6.30. The number of ketones is 1. The first kappa shape index (κ1) is 20.2. The molecule has 0 aliphatic heterocycles. The second kappa shape index (κ2) is 9.04. The van der Waals surface area contributed by atoms with Crippen molar-refractivity contribution in [2.24, 2.45) is 0 Å². The van der Waals surface area contributed by atoms with Crippen LogP contribution in [0.5, 0.6) is 5.75 Å². The molecule has 0 fully saturated rings. The molecular formula is C17H18ClN3O6. The molecule has 1 heterocycles. The Hall–Kier alpha value is -3.07. The van der Waals surface area contributed by atoms with E-state index >= 15 is 0 Å². The van der Waals surface area contributed by atoms with E-state index in [0.29, 0.717) is 17.2 Å². The SMILES string of the molecule is CCCn1c(N)c(C(=O)COC(=O)COc2ccc(Cl)cc2)c(=O)[nH]c1=O. The van der Waals surface area contributed by atoms with E-state index < -0.39 is 41.8 Å². The summed E-state index contributed by atoms with van der Waals surface area (Å²) in [5.74, 6) is -1.49. The van der Waals surface area contributed by atoms with Crippen molar-refractivity contribution >= 4 is 29.2 Å². The molecule has 10 heteroatoms. The number of nitrogen functional groups attached to an aromatic ring is 1. The van der Waals surface area contributed by atoms with E-state index in [0.717, 1.165) is 4.57 Å². The molecule has 9 nitrogen and oxygen atoms in total. The summed E-state index contributed by atoms with van der Waals surface area (Å²) >= 11 is 5.74. The van der Waals surface area contributed by atoms with E-state index in [1.165, 1.54) is 0 Å². The zero-order valence-corrected chi connectivity index (χ0v) is 15.2. The number of rotatable bonds is 8. The zero-order chi connectivity index (χ0) is 20.0. The third kappa shape index (κ3) is 5.20. The Bertz CT molecular complexity index is 949. The van der Waals surface area contributed by atoms with Crippen LogP contribution in [0.4, 0.5) is 5.82 Å². The number of ether oxygens (including phenoxy) is 2. The Balaban J connectivity index is 2.00. The van der Waals surface area contributed by atoms with Gasteiger partial charge in [0.05, 0.1) is 0 Å². The summed E-state index contributed by atoms with van der Waals surface area (Å²) in [6.07, 6.45) is 0.570. The second-order valence-corrected chi connectivity index (χ2v) is 5.93. The number of Topliss-reactive ketones (excluding diaryl/α,β-unsaturated/α-hetero) is 1. The molecule has 0 bridgehead atoms. The molecule has 0 radical (unpaired) electrons. The van der Waals surface area contributed by atoms with Crippen molar-refractivity contribution in [3.8, 4) is 5.75 Å². The van der Waals surface area contributed by atoms with Gasteiger partial charge in [-0.1, -0.05) is 18.5 Å². The molecule has 0 amide bonds. The number of aromatic amines is 1. The summed E-state index contributed by atoms with van der Waals surface area (Å²) in [4.78, 5) is 49.6. The number of nitrogens with one attached hydrogen (secondary N) is 1. The first-order chi connectivity index (χ1) is 12.8. The minimum absolute atomic E-state index is 0.233. The van der Waals surface area contributed by atoms with Crippen LogP contribution in [0.3, 0.4) is 0 Å². The van der Waals surface area contributed by atoms with Crippen molar-refractivity contribution in [3.63, 3.8) is 0 Å². The lowest BCUT2D eigenvalue weighted by molar-refractivity contribution is -0.144. The maximum absolute atomic E-state index is 12.2. The second-order valence-electron chi connectivity index (χ2n) is 5.50. The van der Waals surface area contributed by atoms with Crippen LogP contribution in [0.15, 0.2) is 33.9 Å². The van der Waals surface area contributed by atoms with Gasteiger partial charge in [-0.15, -0.1) is 0 Å². The molecule has 3 N–H and O–H groups in total. The topological polar surface area (TPSA) is 133 Å². The molecule has 0 saturated carbocycles. The fourth-order valence-electron chi connectivity index (χ4n) is 2.24. The number of aromatic nitrogens is 2. The highest BCUT2D eigenvalue weighted by Gasteiger charge is 2.20. The van der Waals surface area contributed by atoms with Gasteiger partial charge in [-0.25, -0.2) is 9.59 Å². The fourth-order valence-corrected chi connectivity index (χ4v) is 2.36. The van der Waals surface area contributed by atoms with Crippen LogP contribution in [-0.4, -0.2) is 34.5 Å². The predicted octanol–water partition coefficient (Wildman–Crippen LogP) is 0.987. The van der Waals surface area contributed by atoms with Crippen molar-refractivity contribution in [1.29, 1.82) is 0 Å². The summed E-state index contributed by atoms with van der Waals surface area (Å²) in [7, 11) is 0. The summed E-state index contributed by atoms with van der Waals surface area (Å²) in [5.41, 5.74) is 3.72. The van der Waals surface area contributed by atoms with E-state index in [-0.39, 0.29) is 12.4 Å². The average Bonchev–Trinajstić information content (AvgIpc) is 2.62. The Labute approximate surface area is 158 Å². The van der Waals surface area contributed by atoms with Gasteiger partial charge in [0.1, 0.15) is 17.1 Å². The number of carbonyl (C=O) groups is 2. The number of nitrogens with zero attached hydrogens (tertiary/aromatic N) is 1. The predicted molar refractivity (Wildman–Crippen MR) is 98.3 cm³/mol. The van der Waals surface area contributed by atoms with Gasteiger partial charge in [-0.05, 0) is 30.7 Å². The van der Waals surface area contributed by atoms with E-state index in [4.69, 9.17) is 26.8 Å². The number of hydrogen-bond donors (Lipinski definition) is 2. The number of esters is 1. The van der Waals surface area contributed by atoms with Crippen LogP contribution in [0.2, 0.25) is 5.02 Å².